The fourth-order valence-electron chi connectivity index (χ4n) is 5.80. The number of nitrogens with zero attached hydrogens (tertiary/aromatic N) is 1. The SMILES string of the molecule is C=CCN1CC[C@]23c4c5ccc(O)c4O[C@@H]2C(=O)CCC3(O)C1C5. The molecule has 24 heavy (non-hydrogen) atoms. The van der Waals surface area contributed by atoms with Gasteiger partial charge in [-0.05, 0) is 30.9 Å². The predicted molar refractivity (Wildman–Crippen MR) is 87.3 cm³/mol. The Balaban J connectivity index is 1.80. The molecule has 2 unspecified atom stereocenters. The first-order chi connectivity index (χ1) is 11.5. The highest BCUT2D eigenvalue weighted by atomic mass is 16.5. The van der Waals surface area contributed by atoms with Crippen LogP contribution in [0.15, 0.2) is 24.8 Å². The lowest BCUT2D eigenvalue weighted by Crippen LogP contribution is -2.76. The molecule has 1 aromatic rings. The number of piperidine rings is 1. The second-order valence-corrected chi connectivity index (χ2v) is 7.56. The highest BCUT2D eigenvalue weighted by molar-refractivity contribution is 5.90. The Kier molecular flexibility index (Phi) is 2.66. The van der Waals surface area contributed by atoms with Gasteiger partial charge < -0.3 is 14.9 Å². The number of hydrogen-bond acceptors (Lipinski definition) is 5. The van der Waals surface area contributed by atoms with Crippen molar-refractivity contribution in [2.75, 3.05) is 13.1 Å². The lowest BCUT2D eigenvalue weighted by atomic mass is 9.49. The molecule has 2 bridgehead atoms. The molecule has 0 amide bonds. The van der Waals surface area contributed by atoms with Gasteiger partial charge in [0.05, 0.1) is 11.0 Å². The van der Waals surface area contributed by atoms with Gasteiger partial charge in [-0.25, -0.2) is 0 Å². The summed E-state index contributed by atoms with van der Waals surface area (Å²) in [5, 5.41) is 22.1. The van der Waals surface area contributed by atoms with Crippen molar-refractivity contribution >= 4 is 5.78 Å². The molecular formula is C19H21NO4. The number of rotatable bonds is 2. The summed E-state index contributed by atoms with van der Waals surface area (Å²) in [5.74, 6) is 0.528. The van der Waals surface area contributed by atoms with E-state index in [4.69, 9.17) is 4.74 Å². The number of Topliss-reactive ketones (excluding diaryl/α,β-unsaturated/α-hetero) is 1. The minimum Gasteiger partial charge on any atom is -0.504 e. The monoisotopic (exact) mass is 327 g/mol. The van der Waals surface area contributed by atoms with Gasteiger partial charge in [-0.3, -0.25) is 9.69 Å². The maximum atomic E-state index is 12.6. The van der Waals surface area contributed by atoms with Crippen molar-refractivity contribution < 1.29 is 19.7 Å². The molecule has 2 N–H and O–H groups in total. The van der Waals surface area contributed by atoms with Gasteiger partial charge in [0, 0.05) is 31.1 Å². The van der Waals surface area contributed by atoms with Gasteiger partial charge in [0.25, 0.3) is 0 Å². The van der Waals surface area contributed by atoms with E-state index in [1.807, 2.05) is 12.1 Å². The Labute approximate surface area is 140 Å². The lowest BCUT2D eigenvalue weighted by Gasteiger charge is -2.62. The third kappa shape index (κ3) is 1.38. The molecule has 126 valence electrons. The molecule has 2 fully saturated rings. The zero-order chi connectivity index (χ0) is 16.7. The standard InChI is InChI=1S/C19H21NO4/c1-2-8-20-9-7-18-15-11-3-4-12(21)16(15)24-17(18)13(22)5-6-19(18,23)14(20)10-11/h2-4,14,17,21,23H,1,5-10H2/t14?,17-,18+,19?/m1/s1. The number of aliphatic hydroxyl groups is 1. The maximum absolute atomic E-state index is 12.6. The van der Waals surface area contributed by atoms with Gasteiger partial charge in [-0.1, -0.05) is 12.1 Å². The van der Waals surface area contributed by atoms with Crippen LogP contribution in [0.5, 0.6) is 11.5 Å². The number of aromatic hydroxyl groups is 1. The van der Waals surface area contributed by atoms with Crippen molar-refractivity contribution in [2.45, 2.75) is 48.8 Å². The van der Waals surface area contributed by atoms with E-state index in [0.29, 0.717) is 31.4 Å². The summed E-state index contributed by atoms with van der Waals surface area (Å²) < 4.78 is 5.98. The number of likely N-dealkylation sites (tertiary alicyclic amines) is 1. The van der Waals surface area contributed by atoms with Crippen LogP contribution in [0, 0.1) is 0 Å². The largest absolute Gasteiger partial charge is 0.504 e. The van der Waals surface area contributed by atoms with Crippen molar-refractivity contribution in [1.29, 1.82) is 0 Å². The predicted octanol–water partition coefficient (Wildman–Crippen LogP) is 1.30. The summed E-state index contributed by atoms with van der Waals surface area (Å²) in [7, 11) is 0. The zero-order valence-corrected chi connectivity index (χ0v) is 13.5. The van der Waals surface area contributed by atoms with Crippen molar-refractivity contribution in [3.63, 3.8) is 0 Å². The zero-order valence-electron chi connectivity index (χ0n) is 13.5. The molecule has 4 aliphatic rings. The van der Waals surface area contributed by atoms with Gasteiger partial charge in [0.1, 0.15) is 0 Å². The summed E-state index contributed by atoms with van der Waals surface area (Å²) in [5.41, 5.74) is 0.256. The van der Waals surface area contributed by atoms with Crippen LogP contribution in [0.3, 0.4) is 0 Å². The average molecular weight is 327 g/mol. The lowest BCUT2D eigenvalue weighted by molar-refractivity contribution is -0.187. The third-order valence-corrected chi connectivity index (χ3v) is 6.73. The Morgan fingerprint density at radius 3 is 3.04 bits per heavy atom. The van der Waals surface area contributed by atoms with E-state index in [9.17, 15) is 15.0 Å². The number of hydrogen-bond donors (Lipinski definition) is 2. The van der Waals surface area contributed by atoms with Crippen molar-refractivity contribution in [1.82, 2.24) is 4.90 Å². The van der Waals surface area contributed by atoms with Crippen LogP contribution in [0.4, 0.5) is 0 Å². The fourth-order valence-corrected chi connectivity index (χ4v) is 5.80. The highest BCUT2D eigenvalue weighted by Gasteiger charge is 2.72. The quantitative estimate of drug-likeness (QED) is 0.802. The topological polar surface area (TPSA) is 70.0 Å². The van der Waals surface area contributed by atoms with E-state index in [0.717, 1.165) is 24.2 Å². The molecule has 5 heteroatoms. The fraction of sp³-hybridized carbons (Fsp3) is 0.526. The molecule has 5 nitrogen and oxygen atoms in total. The van der Waals surface area contributed by atoms with Crippen molar-refractivity contribution in [3.05, 3.63) is 35.9 Å². The summed E-state index contributed by atoms with van der Waals surface area (Å²) >= 11 is 0. The normalized spacial score (nSPS) is 39.3. The third-order valence-electron chi connectivity index (χ3n) is 6.73. The molecule has 2 aliphatic heterocycles. The molecule has 0 radical (unpaired) electrons. The molecule has 4 atom stereocenters. The first-order valence-electron chi connectivity index (χ1n) is 8.65. The minimum atomic E-state index is -1.00. The van der Waals surface area contributed by atoms with Gasteiger partial charge in [0.15, 0.2) is 23.4 Å². The van der Waals surface area contributed by atoms with Crippen LogP contribution in [0.25, 0.3) is 0 Å². The molecule has 1 aromatic carbocycles. The molecule has 2 aliphatic carbocycles. The van der Waals surface area contributed by atoms with Gasteiger partial charge >= 0.3 is 0 Å². The summed E-state index contributed by atoms with van der Waals surface area (Å²) in [6.07, 6.45) is 3.35. The van der Waals surface area contributed by atoms with E-state index < -0.39 is 17.1 Å². The summed E-state index contributed by atoms with van der Waals surface area (Å²) in [6.45, 7) is 5.36. The highest BCUT2D eigenvalue weighted by Crippen LogP contribution is 2.64. The van der Waals surface area contributed by atoms with Gasteiger partial charge in [-0.2, -0.15) is 0 Å². The molecule has 1 spiro atoms. The van der Waals surface area contributed by atoms with E-state index in [1.54, 1.807) is 6.07 Å². The van der Waals surface area contributed by atoms with E-state index in [-0.39, 0.29) is 17.6 Å². The first kappa shape index (κ1) is 14.5. The second-order valence-electron chi connectivity index (χ2n) is 7.56. The molecule has 5 rings (SSSR count). The van der Waals surface area contributed by atoms with E-state index >= 15 is 0 Å². The van der Waals surface area contributed by atoms with E-state index in [1.165, 1.54) is 0 Å². The average Bonchev–Trinajstić information content (AvgIpc) is 2.91. The Morgan fingerprint density at radius 2 is 2.25 bits per heavy atom. The number of carbonyl (C=O) groups excluding carboxylic acids is 1. The smallest absolute Gasteiger partial charge is 0.174 e. The number of ketones is 1. The van der Waals surface area contributed by atoms with Crippen LogP contribution in [0.1, 0.15) is 30.4 Å². The van der Waals surface area contributed by atoms with Crippen LogP contribution >= 0.6 is 0 Å². The molecule has 1 saturated carbocycles. The van der Waals surface area contributed by atoms with Crippen molar-refractivity contribution in [3.8, 4) is 11.5 Å². The number of ether oxygens (including phenoxy) is 1. The molecule has 1 saturated heterocycles. The van der Waals surface area contributed by atoms with E-state index in [2.05, 4.69) is 11.5 Å². The van der Waals surface area contributed by atoms with Crippen LogP contribution in [-0.2, 0) is 16.6 Å². The van der Waals surface area contributed by atoms with Crippen LogP contribution in [-0.4, -0.2) is 51.7 Å². The number of phenolic OH excluding ortho intramolecular Hbond substituents is 1. The Morgan fingerprint density at radius 1 is 1.42 bits per heavy atom. The number of benzene rings is 1. The maximum Gasteiger partial charge on any atom is 0.174 e. The minimum absolute atomic E-state index is 0.0408. The Hall–Kier alpha value is -1.85. The number of carbonyl (C=O) groups is 1. The van der Waals surface area contributed by atoms with Crippen molar-refractivity contribution in [2.24, 2.45) is 0 Å². The summed E-state index contributed by atoms with van der Waals surface area (Å²) in [6, 6.07) is 3.52. The number of phenols is 1. The van der Waals surface area contributed by atoms with Crippen LogP contribution < -0.4 is 4.74 Å². The van der Waals surface area contributed by atoms with Gasteiger partial charge in [0.2, 0.25) is 0 Å². The molecule has 0 aromatic heterocycles. The van der Waals surface area contributed by atoms with Gasteiger partial charge in [-0.15, -0.1) is 6.58 Å². The summed E-state index contributed by atoms with van der Waals surface area (Å²) in [4.78, 5) is 14.9. The molecule has 2 heterocycles. The first-order valence-corrected chi connectivity index (χ1v) is 8.65. The second kappa shape index (κ2) is 4.41. The Bertz CT molecular complexity index is 775. The molecular weight excluding hydrogens is 306 g/mol. The van der Waals surface area contributed by atoms with Crippen LogP contribution in [0.2, 0.25) is 0 Å².